The number of hydrogen-bond donors (Lipinski definition) is 1. The Morgan fingerprint density at radius 3 is 3.09 bits per heavy atom. The Morgan fingerprint density at radius 1 is 1.36 bits per heavy atom. The van der Waals surface area contributed by atoms with E-state index in [2.05, 4.69) is 47.5 Å². The standard InChI is InChI=1S/C19H26N2S/c1-3-7-21-11-13(12-22-2)8-16-15-5-4-6-17-19(15)14(10-20-17)9-18(16)21/h4-6,10,13,16,18,20H,3,7-9,11-12H2,1-2H3/t13-,16+,18+/m0/s1. The number of likely N-dealkylation sites (tertiary alicyclic amines) is 1. The van der Waals surface area contributed by atoms with Crippen LogP contribution in [0.4, 0.5) is 0 Å². The fraction of sp³-hybridized carbons (Fsp3) is 0.579. The zero-order chi connectivity index (χ0) is 15.1. The van der Waals surface area contributed by atoms with Gasteiger partial charge in [-0.15, -0.1) is 0 Å². The molecule has 1 aromatic carbocycles. The maximum atomic E-state index is 3.49. The lowest BCUT2D eigenvalue weighted by Crippen LogP contribution is -2.50. The summed E-state index contributed by atoms with van der Waals surface area (Å²) in [4.78, 5) is 6.29. The minimum absolute atomic E-state index is 0.715. The normalized spacial score (nSPS) is 28.0. The molecule has 1 aromatic heterocycles. The Labute approximate surface area is 137 Å². The lowest BCUT2D eigenvalue weighted by atomic mass is 9.72. The lowest BCUT2D eigenvalue weighted by molar-refractivity contribution is 0.0926. The van der Waals surface area contributed by atoms with Gasteiger partial charge in [-0.1, -0.05) is 19.1 Å². The first-order chi connectivity index (χ1) is 10.8. The molecule has 1 saturated heterocycles. The summed E-state index contributed by atoms with van der Waals surface area (Å²) in [6, 6.07) is 7.58. The van der Waals surface area contributed by atoms with E-state index in [1.807, 2.05) is 11.8 Å². The molecule has 2 heterocycles. The first kappa shape index (κ1) is 14.6. The van der Waals surface area contributed by atoms with Crippen LogP contribution >= 0.6 is 11.8 Å². The number of rotatable bonds is 4. The molecule has 4 rings (SSSR count). The zero-order valence-electron chi connectivity index (χ0n) is 13.6. The highest BCUT2D eigenvalue weighted by molar-refractivity contribution is 7.98. The molecule has 0 unspecified atom stereocenters. The highest BCUT2D eigenvalue weighted by Crippen LogP contribution is 2.45. The molecule has 0 spiro atoms. The van der Waals surface area contributed by atoms with Gasteiger partial charge in [0.15, 0.2) is 0 Å². The Balaban J connectivity index is 1.75. The van der Waals surface area contributed by atoms with Crippen molar-refractivity contribution in [2.75, 3.05) is 25.1 Å². The second-order valence-electron chi connectivity index (χ2n) is 7.01. The predicted molar refractivity (Wildman–Crippen MR) is 96.9 cm³/mol. The molecule has 0 radical (unpaired) electrons. The lowest BCUT2D eigenvalue weighted by Gasteiger charge is -2.47. The summed E-state index contributed by atoms with van der Waals surface area (Å²) in [7, 11) is 0. The fourth-order valence-corrected chi connectivity index (χ4v) is 5.51. The summed E-state index contributed by atoms with van der Waals surface area (Å²) < 4.78 is 0. The van der Waals surface area contributed by atoms with Gasteiger partial charge in [0.25, 0.3) is 0 Å². The van der Waals surface area contributed by atoms with Gasteiger partial charge in [0.2, 0.25) is 0 Å². The van der Waals surface area contributed by atoms with Crippen molar-refractivity contribution in [2.24, 2.45) is 5.92 Å². The molecule has 3 atom stereocenters. The molecule has 1 N–H and O–H groups in total. The van der Waals surface area contributed by atoms with E-state index in [0.717, 1.165) is 11.8 Å². The van der Waals surface area contributed by atoms with Crippen molar-refractivity contribution in [3.8, 4) is 0 Å². The third kappa shape index (κ3) is 2.30. The first-order valence-electron chi connectivity index (χ1n) is 8.63. The monoisotopic (exact) mass is 314 g/mol. The summed E-state index contributed by atoms with van der Waals surface area (Å²) in [6.07, 6.45) is 8.37. The van der Waals surface area contributed by atoms with E-state index in [0.29, 0.717) is 6.04 Å². The SMILES string of the molecule is CCCN1C[C@@H](CSC)C[C@@H]2c3cccc4[nH]cc(c34)C[C@H]21. The number of benzene rings is 1. The van der Waals surface area contributed by atoms with Crippen LogP contribution in [-0.4, -0.2) is 41.0 Å². The fourth-order valence-electron chi connectivity index (χ4n) is 4.80. The number of thioether (sulfide) groups is 1. The van der Waals surface area contributed by atoms with Gasteiger partial charge in [-0.05, 0) is 60.9 Å². The Bertz CT molecular complexity index is 662. The average Bonchev–Trinajstić information content (AvgIpc) is 2.94. The first-order valence-corrected chi connectivity index (χ1v) is 10.0. The number of aromatic nitrogens is 1. The Hall–Kier alpha value is -0.930. The second kappa shape index (κ2) is 5.93. The van der Waals surface area contributed by atoms with Crippen LogP contribution in [0, 0.1) is 5.92 Å². The molecule has 0 bridgehead atoms. The molecule has 3 heteroatoms. The van der Waals surface area contributed by atoms with Gasteiger partial charge in [-0.25, -0.2) is 0 Å². The Morgan fingerprint density at radius 2 is 2.27 bits per heavy atom. The quantitative estimate of drug-likeness (QED) is 0.909. The predicted octanol–water partition coefficient (Wildman–Crippen LogP) is 4.27. The minimum Gasteiger partial charge on any atom is -0.361 e. The third-order valence-corrected chi connectivity index (χ3v) is 6.38. The average molecular weight is 314 g/mol. The number of piperidine rings is 1. The number of fused-ring (bicyclic) bond motifs is 2. The van der Waals surface area contributed by atoms with Crippen molar-refractivity contribution in [1.82, 2.24) is 9.88 Å². The van der Waals surface area contributed by atoms with E-state index < -0.39 is 0 Å². The van der Waals surface area contributed by atoms with Crippen LogP contribution in [0.2, 0.25) is 0 Å². The highest BCUT2D eigenvalue weighted by Gasteiger charge is 2.40. The molecule has 2 aliphatic rings. The summed E-state index contributed by atoms with van der Waals surface area (Å²) in [5.74, 6) is 2.88. The van der Waals surface area contributed by atoms with Crippen LogP contribution in [0.15, 0.2) is 24.4 Å². The van der Waals surface area contributed by atoms with Gasteiger partial charge in [0, 0.05) is 35.6 Å². The van der Waals surface area contributed by atoms with Crippen molar-refractivity contribution >= 4 is 22.7 Å². The van der Waals surface area contributed by atoms with Crippen molar-refractivity contribution in [2.45, 2.75) is 38.1 Å². The summed E-state index contributed by atoms with van der Waals surface area (Å²) in [5.41, 5.74) is 4.48. The Kier molecular flexibility index (Phi) is 3.95. The van der Waals surface area contributed by atoms with Crippen molar-refractivity contribution in [3.05, 3.63) is 35.5 Å². The number of aromatic amines is 1. The van der Waals surface area contributed by atoms with Gasteiger partial charge in [0.1, 0.15) is 0 Å². The molecule has 2 aromatic rings. The molecule has 1 aliphatic heterocycles. The van der Waals surface area contributed by atoms with Crippen LogP contribution < -0.4 is 0 Å². The van der Waals surface area contributed by atoms with E-state index in [-0.39, 0.29) is 0 Å². The topological polar surface area (TPSA) is 19.0 Å². The van der Waals surface area contributed by atoms with Crippen molar-refractivity contribution in [1.29, 1.82) is 0 Å². The number of nitrogens with one attached hydrogen (secondary N) is 1. The van der Waals surface area contributed by atoms with E-state index >= 15 is 0 Å². The van der Waals surface area contributed by atoms with Gasteiger partial charge in [-0.2, -0.15) is 11.8 Å². The van der Waals surface area contributed by atoms with Gasteiger partial charge in [-0.3, -0.25) is 4.90 Å². The largest absolute Gasteiger partial charge is 0.361 e. The van der Waals surface area contributed by atoms with E-state index in [1.54, 1.807) is 5.56 Å². The molecule has 2 nitrogen and oxygen atoms in total. The molecule has 118 valence electrons. The number of nitrogens with zero attached hydrogens (tertiary/aromatic N) is 1. The minimum atomic E-state index is 0.715. The van der Waals surface area contributed by atoms with Crippen LogP contribution in [0.3, 0.4) is 0 Å². The van der Waals surface area contributed by atoms with Gasteiger partial charge >= 0.3 is 0 Å². The zero-order valence-corrected chi connectivity index (χ0v) is 14.5. The van der Waals surface area contributed by atoms with Gasteiger partial charge in [0.05, 0.1) is 0 Å². The van der Waals surface area contributed by atoms with Crippen molar-refractivity contribution < 1.29 is 0 Å². The van der Waals surface area contributed by atoms with Crippen molar-refractivity contribution in [3.63, 3.8) is 0 Å². The van der Waals surface area contributed by atoms with E-state index in [1.165, 1.54) is 54.6 Å². The maximum absolute atomic E-state index is 3.49. The second-order valence-corrected chi connectivity index (χ2v) is 7.92. The smallest absolute Gasteiger partial charge is 0.0459 e. The third-order valence-electron chi connectivity index (χ3n) is 5.57. The number of hydrogen-bond acceptors (Lipinski definition) is 2. The van der Waals surface area contributed by atoms with Crippen LogP contribution in [-0.2, 0) is 6.42 Å². The molecule has 0 amide bonds. The maximum Gasteiger partial charge on any atom is 0.0459 e. The summed E-state index contributed by atoms with van der Waals surface area (Å²) in [6.45, 7) is 4.87. The molecule has 22 heavy (non-hydrogen) atoms. The summed E-state index contributed by atoms with van der Waals surface area (Å²) >= 11 is 2.01. The number of H-pyrrole nitrogens is 1. The molecular weight excluding hydrogens is 288 g/mol. The van der Waals surface area contributed by atoms with Crippen LogP contribution in [0.5, 0.6) is 0 Å². The molecular formula is C19H26N2S. The van der Waals surface area contributed by atoms with Crippen LogP contribution in [0.1, 0.15) is 36.8 Å². The summed E-state index contributed by atoms with van der Waals surface area (Å²) in [5, 5.41) is 1.53. The highest BCUT2D eigenvalue weighted by atomic mass is 32.2. The van der Waals surface area contributed by atoms with E-state index in [4.69, 9.17) is 0 Å². The molecule has 1 fully saturated rings. The van der Waals surface area contributed by atoms with E-state index in [9.17, 15) is 0 Å². The molecule has 0 saturated carbocycles. The van der Waals surface area contributed by atoms with Crippen LogP contribution in [0.25, 0.3) is 10.9 Å². The van der Waals surface area contributed by atoms with Gasteiger partial charge < -0.3 is 4.98 Å². The molecule has 1 aliphatic carbocycles.